The maximum atomic E-state index is 13.4. The van der Waals surface area contributed by atoms with Gasteiger partial charge in [0.2, 0.25) is 0 Å². The lowest BCUT2D eigenvalue weighted by molar-refractivity contribution is -0.117. The standard InChI is InChI=1S/C19H21F3N2O3/c1-12-15(25)10-18(2,3)8-9-24(23-16(12)19(20,21)22)11-13-4-6-14(7-5-13)17(26)27/h4-7H,1,8-11H2,2-3H3,(H,26,27). The highest BCUT2D eigenvalue weighted by Gasteiger charge is 2.42. The summed E-state index contributed by atoms with van der Waals surface area (Å²) in [6.07, 6.45) is -4.37. The number of Topliss-reactive ketones (excluding diaryl/α,β-unsaturated/α-hetero) is 1. The van der Waals surface area contributed by atoms with E-state index >= 15 is 0 Å². The number of hydrogen-bond acceptors (Lipinski definition) is 4. The largest absolute Gasteiger partial charge is 0.478 e. The molecule has 0 bridgehead atoms. The molecule has 1 N–H and O–H groups in total. The number of carbonyl (C=O) groups excluding carboxylic acids is 1. The summed E-state index contributed by atoms with van der Waals surface area (Å²) >= 11 is 0. The van der Waals surface area contributed by atoms with Crippen LogP contribution in [0.25, 0.3) is 0 Å². The second kappa shape index (κ2) is 7.54. The van der Waals surface area contributed by atoms with Crippen molar-refractivity contribution in [2.24, 2.45) is 10.5 Å². The van der Waals surface area contributed by atoms with E-state index in [2.05, 4.69) is 11.7 Å². The molecule has 1 aliphatic rings. The molecule has 8 heteroatoms. The number of carbonyl (C=O) groups is 2. The molecule has 0 aromatic heterocycles. The number of hydrogen-bond donors (Lipinski definition) is 1. The Balaban J connectivity index is 2.37. The van der Waals surface area contributed by atoms with Gasteiger partial charge in [0, 0.05) is 18.5 Å². The third-order valence-corrected chi connectivity index (χ3v) is 4.38. The number of allylic oxidation sites excluding steroid dienone is 1. The first kappa shape index (κ1) is 20.7. The number of alkyl halides is 3. The van der Waals surface area contributed by atoms with Gasteiger partial charge in [0.1, 0.15) is 0 Å². The minimum atomic E-state index is -4.80. The van der Waals surface area contributed by atoms with Gasteiger partial charge < -0.3 is 5.11 Å². The molecule has 0 spiro atoms. The minimum absolute atomic E-state index is 0.0396. The topological polar surface area (TPSA) is 70.0 Å². The Kier molecular flexibility index (Phi) is 5.77. The van der Waals surface area contributed by atoms with Crippen LogP contribution in [-0.2, 0) is 11.3 Å². The fraction of sp³-hybridized carbons (Fsp3) is 0.421. The first-order chi connectivity index (χ1) is 12.4. The SMILES string of the molecule is C=C1C(=O)CC(C)(C)CCN(Cc2ccc(C(=O)O)cc2)N=C1C(F)(F)F. The van der Waals surface area contributed by atoms with Crippen molar-refractivity contribution in [3.05, 3.63) is 47.5 Å². The van der Waals surface area contributed by atoms with E-state index in [4.69, 9.17) is 5.11 Å². The molecule has 0 unspecified atom stereocenters. The molecule has 27 heavy (non-hydrogen) atoms. The maximum absolute atomic E-state index is 13.4. The summed E-state index contributed by atoms with van der Waals surface area (Å²) in [6, 6.07) is 5.83. The van der Waals surface area contributed by atoms with Crippen molar-refractivity contribution < 1.29 is 27.9 Å². The Bertz CT molecular complexity index is 780. The van der Waals surface area contributed by atoms with Gasteiger partial charge in [-0.25, -0.2) is 4.79 Å². The first-order valence-electron chi connectivity index (χ1n) is 8.34. The third kappa shape index (κ3) is 5.42. The van der Waals surface area contributed by atoms with Crippen molar-refractivity contribution in [3.8, 4) is 0 Å². The van der Waals surface area contributed by atoms with Crippen molar-refractivity contribution in [3.63, 3.8) is 0 Å². The number of aromatic carboxylic acids is 1. The van der Waals surface area contributed by atoms with E-state index in [0.717, 1.165) is 0 Å². The maximum Gasteiger partial charge on any atom is 0.435 e. The molecule has 0 amide bonds. The predicted octanol–water partition coefficient (Wildman–Crippen LogP) is 4.05. The number of carboxylic acids is 1. The van der Waals surface area contributed by atoms with Gasteiger partial charge in [-0.2, -0.15) is 18.3 Å². The number of hydrazone groups is 1. The van der Waals surface area contributed by atoms with Gasteiger partial charge in [0.25, 0.3) is 0 Å². The molecule has 1 aliphatic heterocycles. The molecule has 1 heterocycles. The predicted molar refractivity (Wildman–Crippen MR) is 94.5 cm³/mol. The molecule has 0 saturated heterocycles. The zero-order valence-corrected chi connectivity index (χ0v) is 15.1. The summed E-state index contributed by atoms with van der Waals surface area (Å²) in [7, 11) is 0. The van der Waals surface area contributed by atoms with Crippen LogP contribution in [0.2, 0.25) is 0 Å². The van der Waals surface area contributed by atoms with Gasteiger partial charge in [0.05, 0.1) is 12.1 Å². The normalized spacial score (nSPS) is 18.4. The van der Waals surface area contributed by atoms with Crippen LogP contribution in [0.3, 0.4) is 0 Å². The van der Waals surface area contributed by atoms with E-state index in [-0.39, 0.29) is 25.1 Å². The van der Waals surface area contributed by atoms with E-state index in [9.17, 15) is 22.8 Å². The molecule has 146 valence electrons. The average Bonchev–Trinajstić information content (AvgIpc) is 2.58. The van der Waals surface area contributed by atoms with Gasteiger partial charge in [-0.1, -0.05) is 32.6 Å². The number of halogens is 3. The van der Waals surface area contributed by atoms with Crippen molar-refractivity contribution in [1.82, 2.24) is 5.01 Å². The van der Waals surface area contributed by atoms with E-state index in [1.807, 2.05) is 13.8 Å². The number of ketones is 1. The molecule has 1 aromatic carbocycles. The molecular weight excluding hydrogens is 361 g/mol. The van der Waals surface area contributed by atoms with Crippen LogP contribution in [0.5, 0.6) is 0 Å². The smallest absolute Gasteiger partial charge is 0.435 e. The van der Waals surface area contributed by atoms with Crippen molar-refractivity contribution in [2.45, 2.75) is 39.4 Å². The molecule has 0 aliphatic carbocycles. The van der Waals surface area contributed by atoms with E-state index in [1.54, 1.807) is 0 Å². The number of nitrogens with zero attached hydrogens (tertiary/aromatic N) is 2. The molecular formula is C19H21F3N2O3. The Morgan fingerprint density at radius 2 is 1.89 bits per heavy atom. The molecule has 2 rings (SSSR count). The number of benzene rings is 1. The molecule has 0 fully saturated rings. The van der Waals surface area contributed by atoms with E-state index in [0.29, 0.717) is 12.0 Å². The summed E-state index contributed by atoms with van der Waals surface area (Å²) in [5.41, 5.74) is -1.72. The van der Waals surface area contributed by atoms with Crippen LogP contribution in [0.1, 0.15) is 42.6 Å². The van der Waals surface area contributed by atoms with Crippen LogP contribution in [0, 0.1) is 5.41 Å². The Morgan fingerprint density at radius 1 is 1.30 bits per heavy atom. The highest BCUT2D eigenvalue weighted by atomic mass is 19.4. The lowest BCUT2D eigenvalue weighted by Crippen LogP contribution is -2.31. The highest BCUT2D eigenvalue weighted by Crippen LogP contribution is 2.32. The molecule has 0 saturated carbocycles. The lowest BCUT2D eigenvalue weighted by atomic mass is 9.82. The molecule has 5 nitrogen and oxygen atoms in total. The highest BCUT2D eigenvalue weighted by molar-refractivity contribution is 6.23. The summed E-state index contributed by atoms with van der Waals surface area (Å²) in [5, 5.41) is 13.9. The van der Waals surface area contributed by atoms with Crippen LogP contribution < -0.4 is 0 Å². The number of carboxylic acid groups (broad SMARTS) is 1. The molecule has 1 aromatic rings. The van der Waals surface area contributed by atoms with Gasteiger partial charge in [0.15, 0.2) is 11.5 Å². The van der Waals surface area contributed by atoms with Crippen LogP contribution >= 0.6 is 0 Å². The summed E-state index contributed by atoms with van der Waals surface area (Å²) in [6.45, 7) is 7.23. The van der Waals surface area contributed by atoms with Crippen LogP contribution in [0.15, 0.2) is 41.5 Å². The van der Waals surface area contributed by atoms with Gasteiger partial charge in [-0.05, 0) is 29.5 Å². The number of rotatable bonds is 3. The summed E-state index contributed by atoms with van der Waals surface area (Å²) in [5.74, 6) is -1.75. The Labute approximate surface area is 155 Å². The molecule has 0 atom stereocenters. The monoisotopic (exact) mass is 382 g/mol. The second-order valence-electron chi connectivity index (χ2n) is 7.33. The third-order valence-electron chi connectivity index (χ3n) is 4.38. The van der Waals surface area contributed by atoms with Crippen molar-refractivity contribution in [1.29, 1.82) is 0 Å². The first-order valence-corrected chi connectivity index (χ1v) is 8.34. The lowest BCUT2D eigenvalue weighted by Gasteiger charge is -2.26. The summed E-state index contributed by atoms with van der Waals surface area (Å²) < 4.78 is 40.3. The Morgan fingerprint density at radius 3 is 2.41 bits per heavy atom. The zero-order valence-electron chi connectivity index (χ0n) is 15.1. The fourth-order valence-electron chi connectivity index (χ4n) is 2.75. The minimum Gasteiger partial charge on any atom is -0.478 e. The summed E-state index contributed by atoms with van der Waals surface area (Å²) in [4.78, 5) is 23.1. The second-order valence-corrected chi connectivity index (χ2v) is 7.33. The van der Waals surface area contributed by atoms with Gasteiger partial charge in [-0.15, -0.1) is 0 Å². The van der Waals surface area contributed by atoms with Crippen molar-refractivity contribution in [2.75, 3.05) is 6.54 Å². The van der Waals surface area contributed by atoms with E-state index < -0.39 is 34.6 Å². The fourth-order valence-corrected chi connectivity index (χ4v) is 2.75. The Hall–Kier alpha value is -2.64. The van der Waals surface area contributed by atoms with Gasteiger partial charge in [-0.3, -0.25) is 9.80 Å². The quantitative estimate of drug-likeness (QED) is 0.801. The van der Waals surface area contributed by atoms with Crippen LogP contribution in [-0.4, -0.2) is 40.3 Å². The average molecular weight is 382 g/mol. The van der Waals surface area contributed by atoms with Crippen molar-refractivity contribution >= 4 is 17.5 Å². The molecule has 0 radical (unpaired) electrons. The van der Waals surface area contributed by atoms with E-state index in [1.165, 1.54) is 29.3 Å². The van der Waals surface area contributed by atoms with Gasteiger partial charge >= 0.3 is 12.1 Å². The zero-order chi connectivity index (χ0) is 20.4. The van der Waals surface area contributed by atoms with Crippen LogP contribution in [0.4, 0.5) is 13.2 Å².